The Bertz CT molecular complexity index is 378. The van der Waals surface area contributed by atoms with Crippen molar-refractivity contribution in [2.75, 3.05) is 0 Å². The third-order valence-corrected chi connectivity index (χ3v) is 3.02. The molecule has 0 bridgehead atoms. The number of benzene rings is 1. The summed E-state index contributed by atoms with van der Waals surface area (Å²) < 4.78 is 1.15. The van der Waals surface area contributed by atoms with Gasteiger partial charge in [-0.05, 0) is 37.5 Å². The van der Waals surface area contributed by atoms with E-state index in [1.54, 1.807) is 0 Å². The van der Waals surface area contributed by atoms with Crippen LogP contribution in [-0.2, 0) is 0 Å². The fraction of sp³-hybridized carbons (Fsp3) is 0.333. The Balaban J connectivity index is 2.22. The van der Waals surface area contributed by atoms with Gasteiger partial charge < -0.3 is 0 Å². The zero-order chi connectivity index (χ0) is 9.26. The van der Waals surface area contributed by atoms with Gasteiger partial charge in [-0.25, -0.2) is 0 Å². The summed E-state index contributed by atoms with van der Waals surface area (Å²) in [5.41, 5.74) is 2.38. The summed E-state index contributed by atoms with van der Waals surface area (Å²) in [6.07, 6.45) is 2.58. The van der Waals surface area contributed by atoms with Gasteiger partial charge in [0.25, 0.3) is 0 Å². The van der Waals surface area contributed by atoms with E-state index in [0.29, 0.717) is 5.92 Å². The first-order valence-electron chi connectivity index (χ1n) is 4.53. The average Bonchev–Trinajstić information content (AvgIpc) is 2.91. The van der Waals surface area contributed by atoms with Crippen LogP contribution >= 0.6 is 15.9 Å². The smallest absolute Gasteiger partial charge is 0.0256 e. The van der Waals surface area contributed by atoms with Crippen LogP contribution in [-0.4, -0.2) is 0 Å². The van der Waals surface area contributed by atoms with E-state index >= 15 is 0 Å². The van der Waals surface area contributed by atoms with E-state index in [9.17, 15) is 0 Å². The molecule has 13 heavy (non-hydrogen) atoms. The average molecular weight is 235 g/mol. The van der Waals surface area contributed by atoms with Crippen LogP contribution in [0, 0.1) is 24.7 Å². The van der Waals surface area contributed by atoms with Gasteiger partial charge in [-0.2, -0.15) is 0 Å². The second kappa shape index (κ2) is 3.55. The molecule has 1 aliphatic carbocycles. The number of hydrogen-bond donors (Lipinski definition) is 0. The van der Waals surface area contributed by atoms with Crippen LogP contribution in [0.1, 0.15) is 24.0 Å². The highest BCUT2D eigenvalue weighted by atomic mass is 79.9. The van der Waals surface area contributed by atoms with Crippen LogP contribution in [0.15, 0.2) is 22.7 Å². The number of rotatable bonds is 0. The second-order valence-corrected chi connectivity index (χ2v) is 4.36. The molecule has 1 heteroatoms. The van der Waals surface area contributed by atoms with Gasteiger partial charge in [0.2, 0.25) is 0 Å². The topological polar surface area (TPSA) is 0 Å². The molecule has 0 N–H and O–H groups in total. The minimum absolute atomic E-state index is 0.681. The molecule has 0 amide bonds. The van der Waals surface area contributed by atoms with Crippen LogP contribution in [0.5, 0.6) is 0 Å². The zero-order valence-corrected chi connectivity index (χ0v) is 9.19. The molecule has 0 spiro atoms. The summed E-state index contributed by atoms with van der Waals surface area (Å²) in [6.45, 7) is 2.09. The summed E-state index contributed by atoms with van der Waals surface area (Å²) in [5.74, 6) is 7.12. The molecule has 0 aromatic heterocycles. The predicted molar refractivity (Wildman–Crippen MR) is 58.5 cm³/mol. The van der Waals surface area contributed by atoms with Crippen molar-refractivity contribution in [1.29, 1.82) is 0 Å². The Morgan fingerprint density at radius 3 is 2.77 bits per heavy atom. The standard InChI is InChI=1S/C12H11Br/c1-9-2-3-11(8-12(9)13)7-6-10-4-5-10/h2-3,8,10H,4-5H2,1H3. The highest BCUT2D eigenvalue weighted by Crippen LogP contribution is 2.27. The van der Waals surface area contributed by atoms with Crippen molar-refractivity contribution in [2.45, 2.75) is 19.8 Å². The molecule has 1 saturated carbocycles. The van der Waals surface area contributed by atoms with E-state index in [4.69, 9.17) is 0 Å². The Morgan fingerprint density at radius 2 is 2.15 bits per heavy atom. The quantitative estimate of drug-likeness (QED) is 0.603. The SMILES string of the molecule is Cc1ccc(C#CC2CC2)cc1Br. The Kier molecular flexibility index (Phi) is 2.42. The van der Waals surface area contributed by atoms with E-state index in [1.165, 1.54) is 18.4 Å². The van der Waals surface area contributed by atoms with E-state index in [-0.39, 0.29) is 0 Å². The molecular formula is C12H11Br. The van der Waals surface area contributed by atoms with Crippen LogP contribution < -0.4 is 0 Å². The minimum atomic E-state index is 0.681. The van der Waals surface area contributed by atoms with Gasteiger partial charge in [-0.3, -0.25) is 0 Å². The van der Waals surface area contributed by atoms with Crippen molar-refractivity contribution in [1.82, 2.24) is 0 Å². The second-order valence-electron chi connectivity index (χ2n) is 3.51. The highest BCUT2D eigenvalue weighted by molar-refractivity contribution is 9.10. The van der Waals surface area contributed by atoms with Crippen molar-refractivity contribution in [3.63, 3.8) is 0 Å². The van der Waals surface area contributed by atoms with Crippen LogP contribution in [0.2, 0.25) is 0 Å². The van der Waals surface area contributed by atoms with Crippen LogP contribution in [0.4, 0.5) is 0 Å². The van der Waals surface area contributed by atoms with E-state index < -0.39 is 0 Å². The van der Waals surface area contributed by atoms with Crippen molar-refractivity contribution in [2.24, 2.45) is 5.92 Å². The number of aryl methyl sites for hydroxylation is 1. The lowest BCUT2D eigenvalue weighted by Crippen LogP contribution is -1.78. The van der Waals surface area contributed by atoms with Gasteiger partial charge in [0.15, 0.2) is 0 Å². The minimum Gasteiger partial charge on any atom is -0.0945 e. The third-order valence-electron chi connectivity index (χ3n) is 2.17. The lowest BCUT2D eigenvalue weighted by atomic mass is 10.1. The normalized spacial score (nSPS) is 14.9. The summed E-state index contributed by atoms with van der Waals surface area (Å²) in [4.78, 5) is 0. The van der Waals surface area contributed by atoms with Gasteiger partial charge in [0.1, 0.15) is 0 Å². The van der Waals surface area contributed by atoms with Gasteiger partial charge in [-0.15, -0.1) is 0 Å². The molecule has 0 radical (unpaired) electrons. The Morgan fingerprint density at radius 1 is 1.38 bits per heavy atom. The Hall–Kier alpha value is -0.740. The molecule has 0 nitrogen and oxygen atoms in total. The van der Waals surface area contributed by atoms with Crippen LogP contribution in [0.3, 0.4) is 0 Å². The van der Waals surface area contributed by atoms with Gasteiger partial charge in [0, 0.05) is 16.0 Å². The third kappa shape index (κ3) is 2.35. The van der Waals surface area contributed by atoms with Crippen molar-refractivity contribution in [3.05, 3.63) is 33.8 Å². The van der Waals surface area contributed by atoms with Gasteiger partial charge in [0.05, 0.1) is 0 Å². The first-order valence-corrected chi connectivity index (χ1v) is 5.33. The van der Waals surface area contributed by atoms with Crippen LogP contribution in [0.25, 0.3) is 0 Å². The summed E-state index contributed by atoms with van der Waals surface area (Å²) in [5, 5.41) is 0. The predicted octanol–water partition coefficient (Wildman–Crippen LogP) is 3.52. The van der Waals surface area contributed by atoms with E-state index in [1.807, 2.05) is 0 Å². The highest BCUT2D eigenvalue weighted by Gasteiger charge is 2.17. The molecule has 1 aromatic rings. The monoisotopic (exact) mass is 234 g/mol. The lowest BCUT2D eigenvalue weighted by molar-refractivity contribution is 1.18. The first kappa shape index (κ1) is 8.84. The largest absolute Gasteiger partial charge is 0.0945 e. The molecule has 66 valence electrons. The number of hydrogen-bond acceptors (Lipinski definition) is 0. The van der Waals surface area contributed by atoms with Crippen molar-refractivity contribution >= 4 is 15.9 Å². The maximum atomic E-state index is 3.50. The molecule has 2 rings (SSSR count). The molecule has 1 aliphatic rings. The molecule has 0 unspecified atom stereocenters. The molecule has 0 aliphatic heterocycles. The van der Waals surface area contributed by atoms with Gasteiger partial charge >= 0.3 is 0 Å². The fourth-order valence-corrected chi connectivity index (χ4v) is 1.46. The van der Waals surface area contributed by atoms with Crippen molar-refractivity contribution < 1.29 is 0 Å². The van der Waals surface area contributed by atoms with Crippen molar-refractivity contribution in [3.8, 4) is 11.8 Å². The number of halogens is 1. The zero-order valence-electron chi connectivity index (χ0n) is 7.60. The maximum absolute atomic E-state index is 3.50. The summed E-state index contributed by atoms with van der Waals surface area (Å²) in [7, 11) is 0. The first-order chi connectivity index (χ1) is 6.25. The molecule has 0 atom stereocenters. The summed E-state index contributed by atoms with van der Waals surface area (Å²) >= 11 is 3.50. The maximum Gasteiger partial charge on any atom is 0.0256 e. The molecule has 0 heterocycles. The van der Waals surface area contributed by atoms with E-state index in [2.05, 4.69) is 52.9 Å². The molecular weight excluding hydrogens is 224 g/mol. The molecule has 1 fully saturated rings. The molecule has 0 saturated heterocycles. The fourth-order valence-electron chi connectivity index (χ4n) is 1.08. The Labute approximate surface area is 87.5 Å². The lowest BCUT2D eigenvalue weighted by Gasteiger charge is -1.96. The molecule has 1 aromatic carbocycles. The summed E-state index contributed by atoms with van der Waals surface area (Å²) in [6, 6.07) is 6.27. The van der Waals surface area contributed by atoms with E-state index in [0.717, 1.165) is 10.0 Å². The van der Waals surface area contributed by atoms with Gasteiger partial charge in [-0.1, -0.05) is 33.8 Å².